The number of carbonyl (C=O) groups is 1. The Kier molecular flexibility index (Phi) is 3.93. The topological polar surface area (TPSA) is 45.7 Å². The minimum absolute atomic E-state index is 0.231. The highest BCUT2D eigenvalue weighted by atomic mass is 16.5. The average molecular weight is 235 g/mol. The van der Waals surface area contributed by atoms with Gasteiger partial charge >= 0.3 is 6.09 Å². The first-order chi connectivity index (χ1) is 8.29. The van der Waals surface area contributed by atoms with Gasteiger partial charge in [0, 0.05) is 45.1 Å². The van der Waals surface area contributed by atoms with Gasteiger partial charge in [-0.05, 0) is 11.6 Å². The summed E-state index contributed by atoms with van der Waals surface area (Å²) in [6.07, 6.45) is 3.43. The Labute approximate surface area is 101 Å². The monoisotopic (exact) mass is 235 g/mol. The Balaban J connectivity index is 1.82. The maximum atomic E-state index is 11.3. The predicted octanol–water partition coefficient (Wildman–Crippen LogP) is 0.966. The standard InChI is InChI=1S/C12H17N3O2/c1-17-12(16)15-7-5-14(6-8-15)10-11-3-2-4-13-9-11/h2-4,9H,5-8,10H2,1H3. The number of aromatic nitrogens is 1. The molecule has 2 rings (SSSR count). The van der Waals surface area contributed by atoms with E-state index in [4.69, 9.17) is 4.74 Å². The molecule has 5 nitrogen and oxygen atoms in total. The van der Waals surface area contributed by atoms with E-state index in [1.54, 1.807) is 11.1 Å². The summed E-state index contributed by atoms with van der Waals surface area (Å²) in [5, 5.41) is 0. The van der Waals surface area contributed by atoms with Crippen LogP contribution >= 0.6 is 0 Å². The molecule has 92 valence electrons. The molecule has 0 unspecified atom stereocenters. The Morgan fingerprint density at radius 1 is 1.41 bits per heavy atom. The molecule has 1 fully saturated rings. The van der Waals surface area contributed by atoms with Crippen LogP contribution in [0.25, 0.3) is 0 Å². The zero-order chi connectivity index (χ0) is 12.1. The van der Waals surface area contributed by atoms with Crippen LogP contribution in [0.2, 0.25) is 0 Å². The quantitative estimate of drug-likeness (QED) is 0.766. The molecule has 0 aromatic carbocycles. The molecule has 0 saturated carbocycles. The number of pyridine rings is 1. The third kappa shape index (κ3) is 3.17. The number of carbonyl (C=O) groups excluding carboxylic acids is 1. The van der Waals surface area contributed by atoms with E-state index in [2.05, 4.69) is 16.0 Å². The van der Waals surface area contributed by atoms with Crippen LogP contribution in [-0.4, -0.2) is 54.2 Å². The van der Waals surface area contributed by atoms with E-state index in [9.17, 15) is 4.79 Å². The van der Waals surface area contributed by atoms with Gasteiger partial charge in [0.15, 0.2) is 0 Å². The molecule has 5 heteroatoms. The molecule has 0 aliphatic carbocycles. The van der Waals surface area contributed by atoms with E-state index >= 15 is 0 Å². The van der Waals surface area contributed by atoms with Crippen molar-refractivity contribution in [2.24, 2.45) is 0 Å². The van der Waals surface area contributed by atoms with Gasteiger partial charge in [-0.1, -0.05) is 6.07 Å². The summed E-state index contributed by atoms with van der Waals surface area (Å²) in [4.78, 5) is 19.5. The fraction of sp³-hybridized carbons (Fsp3) is 0.500. The van der Waals surface area contributed by atoms with E-state index in [1.165, 1.54) is 12.7 Å². The molecule has 1 aromatic heterocycles. The van der Waals surface area contributed by atoms with Gasteiger partial charge in [0.05, 0.1) is 7.11 Å². The van der Waals surface area contributed by atoms with Crippen molar-refractivity contribution < 1.29 is 9.53 Å². The lowest BCUT2D eigenvalue weighted by Gasteiger charge is -2.33. The van der Waals surface area contributed by atoms with Crippen LogP contribution in [0, 0.1) is 0 Å². The van der Waals surface area contributed by atoms with E-state index in [1.807, 2.05) is 12.3 Å². The van der Waals surface area contributed by atoms with Crippen molar-refractivity contribution in [1.29, 1.82) is 0 Å². The van der Waals surface area contributed by atoms with E-state index in [-0.39, 0.29) is 6.09 Å². The highest BCUT2D eigenvalue weighted by molar-refractivity contribution is 5.67. The second kappa shape index (κ2) is 5.63. The van der Waals surface area contributed by atoms with Crippen LogP contribution in [0.4, 0.5) is 4.79 Å². The van der Waals surface area contributed by atoms with Crippen LogP contribution in [0.1, 0.15) is 5.56 Å². The first-order valence-corrected chi connectivity index (χ1v) is 5.74. The first-order valence-electron chi connectivity index (χ1n) is 5.74. The van der Waals surface area contributed by atoms with Crippen molar-refractivity contribution in [3.05, 3.63) is 30.1 Å². The summed E-state index contributed by atoms with van der Waals surface area (Å²) in [5.74, 6) is 0. The summed E-state index contributed by atoms with van der Waals surface area (Å²) in [6, 6.07) is 4.01. The molecule has 0 radical (unpaired) electrons. The van der Waals surface area contributed by atoms with Crippen LogP contribution in [-0.2, 0) is 11.3 Å². The van der Waals surface area contributed by atoms with Crippen LogP contribution in [0.3, 0.4) is 0 Å². The van der Waals surface area contributed by atoms with Gasteiger partial charge in [0.25, 0.3) is 0 Å². The number of amides is 1. The number of hydrogen-bond acceptors (Lipinski definition) is 4. The molecule has 0 bridgehead atoms. The average Bonchev–Trinajstić information content (AvgIpc) is 2.40. The Hall–Kier alpha value is -1.62. The number of rotatable bonds is 2. The van der Waals surface area contributed by atoms with E-state index < -0.39 is 0 Å². The van der Waals surface area contributed by atoms with Crippen LogP contribution in [0.5, 0.6) is 0 Å². The second-order valence-electron chi connectivity index (χ2n) is 4.09. The van der Waals surface area contributed by atoms with E-state index in [0.717, 1.165) is 32.7 Å². The zero-order valence-corrected chi connectivity index (χ0v) is 10.0. The molecule has 17 heavy (non-hydrogen) atoms. The van der Waals surface area contributed by atoms with Crippen molar-refractivity contribution in [2.75, 3.05) is 33.3 Å². The Morgan fingerprint density at radius 2 is 2.18 bits per heavy atom. The highest BCUT2D eigenvalue weighted by Gasteiger charge is 2.21. The molecule has 0 N–H and O–H groups in total. The molecule has 0 spiro atoms. The number of piperazine rings is 1. The smallest absolute Gasteiger partial charge is 0.409 e. The lowest BCUT2D eigenvalue weighted by molar-refractivity contribution is 0.0888. The maximum Gasteiger partial charge on any atom is 0.409 e. The van der Waals surface area contributed by atoms with Crippen molar-refractivity contribution >= 4 is 6.09 Å². The fourth-order valence-corrected chi connectivity index (χ4v) is 1.97. The third-order valence-electron chi connectivity index (χ3n) is 2.93. The van der Waals surface area contributed by atoms with Gasteiger partial charge in [0.2, 0.25) is 0 Å². The summed E-state index contributed by atoms with van der Waals surface area (Å²) in [6.45, 7) is 4.11. The van der Waals surface area contributed by atoms with Crippen molar-refractivity contribution in [1.82, 2.24) is 14.8 Å². The molecule has 1 aromatic rings. The summed E-state index contributed by atoms with van der Waals surface area (Å²) < 4.78 is 4.70. The zero-order valence-electron chi connectivity index (χ0n) is 10.0. The lowest BCUT2D eigenvalue weighted by atomic mass is 10.2. The number of methoxy groups -OCH3 is 1. The molecular weight excluding hydrogens is 218 g/mol. The van der Waals surface area contributed by atoms with Gasteiger partial charge < -0.3 is 9.64 Å². The number of ether oxygens (including phenoxy) is 1. The summed E-state index contributed by atoms with van der Waals surface area (Å²) in [5.41, 5.74) is 1.21. The maximum absolute atomic E-state index is 11.3. The Morgan fingerprint density at radius 3 is 2.76 bits per heavy atom. The molecule has 1 aliphatic rings. The minimum Gasteiger partial charge on any atom is -0.453 e. The highest BCUT2D eigenvalue weighted by Crippen LogP contribution is 2.08. The van der Waals surface area contributed by atoms with Gasteiger partial charge in [-0.2, -0.15) is 0 Å². The Bertz CT molecular complexity index is 361. The molecule has 0 atom stereocenters. The van der Waals surface area contributed by atoms with Crippen LogP contribution in [0.15, 0.2) is 24.5 Å². The molecule has 1 amide bonds. The van der Waals surface area contributed by atoms with Crippen molar-refractivity contribution in [2.45, 2.75) is 6.54 Å². The fourth-order valence-electron chi connectivity index (χ4n) is 1.97. The van der Waals surface area contributed by atoms with Crippen molar-refractivity contribution in [3.63, 3.8) is 0 Å². The van der Waals surface area contributed by atoms with Gasteiger partial charge in [-0.15, -0.1) is 0 Å². The van der Waals surface area contributed by atoms with Crippen LogP contribution < -0.4 is 0 Å². The number of nitrogens with zero attached hydrogens (tertiary/aromatic N) is 3. The van der Waals surface area contributed by atoms with E-state index in [0.29, 0.717) is 0 Å². The first kappa shape index (κ1) is 11.9. The largest absolute Gasteiger partial charge is 0.453 e. The lowest BCUT2D eigenvalue weighted by Crippen LogP contribution is -2.48. The molecule has 2 heterocycles. The van der Waals surface area contributed by atoms with Gasteiger partial charge in [-0.3, -0.25) is 9.88 Å². The van der Waals surface area contributed by atoms with Crippen molar-refractivity contribution in [3.8, 4) is 0 Å². The third-order valence-corrected chi connectivity index (χ3v) is 2.93. The second-order valence-corrected chi connectivity index (χ2v) is 4.09. The van der Waals surface area contributed by atoms with Gasteiger partial charge in [0.1, 0.15) is 0 Å². The normalized spacial score (nSPS) is 16.9. The summed E-state index contributed by atoms with van der Waals surface area (Å²) >= 11 is 0. The summed E-state index contributed by atoms with van der Waals surface area (Å²) in [7, 11) is 1.42. The number of hydrogen-bond donors (Lipinski definition) is 0. The molecular formula is C12H17N3O2. The SMILES string of the molecule is COC(=O)N1CCN(Cc2cccnc2)CC1. The minimum atomic E-state index is -0.231. The van der Waals surface area contributed by atoms with Gasteiger partial charge in [-0.25, -0.2) is 4.79 Å². The predicted molar refractivity (Wildman–Crippen MR) is 63.5 cm³/mol. The molecule has 1 aliphatic heterocycles. The molecule has 1 saturated heterocycles.